The van der Waals surface area contributed by atoms with E-state index in [0.717, 1.165) is 45.6 Å². The van der Waals surface area contributed by atoms with E-state index < -0.39 is 5.97 Å². The number of ether oxygens (including phenoxy) is 1. The molecule has 2 aliphatic rings. The molecule has 2 atom stereocenters. The molecule has 0 aromatic rings. The van der Waals surface area contributed by atoms with Gasteiger partial charge in [-0.1, -0.05) is 6.42 Å². The molecule has 5 nitrogen and oxygen atoms in total. The highest BCUT2D eigenvalue weighted by atomic mass is 16.5. The Morgan fingerprint density at radius 2 is 2.15 bits per heavy atom. The van der Waals surface area contributed by atoms with Gasteiger partial charge in [0.15, 0.2) is 0 Å². The first-order valence-electron chi connectivity index (χ1n) is 7.87. The lowest BCUT2D eigenvalue weighted by Crippen LogP contribution is -2.52. The first kappa shape index (κ1) is 15.7. The Labute approximate surface area is 121 Å². The molecule has 0 aliphatic carbocycles. The van der Waals surface area contributed by atoms with Crippen molar-refractivity contribution in [3.63, 3.8) is 0 Å². The molecular formula is C15H28N2O3. The maximum atomic E-state index is 11.0. The minimum Gasteiger partial charge on any atom is -0.481 e. The number of hydrogen-bond acceptors (Lipinski definition) is 4. The van der Waals surface area contributed by atoms with Crippen LogP contribution in [0.1, 0.15) is 39.5 Å². The molecule has 2 fully saturated rings. The standard InChI is InChI=1S/C15H28N2O3/c1-12(2)16-7-8-20-14(10-16)11-17-6-4-3-5-13(17)9-15(18)19/h12-14H,3-11H2,1-2H3,(H,18,19). The molecule has 20 heavy (non-hydrogen) atoms. The third kappa shape index (κ3) is 4.43. The number of morpholine rings is 1. The van der Waals surface area contributed by atoms with E-state index in [-0.39, 0.29) is 18.6 Å². The molecule has 2 heterocycles. The zero-order valence-electron chi connectivity index (χ0n) is 12.8. The van der Waals surface area contributed by atoms with Crippen molar-refractivity contribution in [1.29, 1.82) is 0 Å². The summed E-state index contributed by atoms with van der Waals surface area (Å²) in [4.78, 5) is 15.8. The van der Waals surface area contributed by atoms with Crippen LogP contribution in [0, 0.1) is 0 Å². The zero-order chi connectivity index (χ0) is 14.5. The van der Waals surface area contributed by atoms with Crippen LogP contribution in [-0.2, 0) is 9.53 Å². The van der Waals surface area contributed by atoms with E-state index in [1.54, 1.807) is 0 Å². The van der Waals surface area contributed by atoms with E-state index in [2.05, 4.69) is 23.6 Å². The number of carbonyl (C=O) groups is 1. The van der Waals surface area contributed by atoms with Crippen LogP contribution in [0.3, 0.4) is 0 Å². The van der Waals surface area contributed by atoms with E-state index in [1.807, 2.05) is 0 Å². The number of rotatable bonds is 5. The molecule has 1 N–H and O–H groups in total. The second-order valence-corrected chi connectivity index (χ2v) is 6.32. The lowest BCUT2D eigenvalue weighted by Gasteiger charge is -2.41. The van der Waals surface area contributed by atoms with Crippen LogP contribution in [0.15, 0.2) is 0 Å². The minimum atomic E-state index is -0.685. The Morgan fingerprint density at radius 3 is 2.85 bits per heavy atom. The largest absolute Gasteiger partial charge is 0.481 e. The van der Waals surface area contributed by atoms with E-state index in [1.165, 1.54) is 6.42 Å². The molecule has 0 spiro atoms. The van der Waals surface area contributed by atoms with Crippen LogP contribution in [-0.4, -0.2) is 71.8 Å². The number of hydrogen-bond donors (Lipinski definition) is 1. The molecule has 5 heteroatoms. The van der Waals surface area contributed by atoms with Crippen LogP contribution in [0.5, 0.6) is 0 Å². The number of aliphatic carboxylic acids is 1. The smallest absolute Gasteiger partial charge is 0.304 e. The highest BCUT2D eigenvalue weighted by molar-refractivity contribution is 5.67. The topological polar surface area (TPSA) is 53.0 Å². The van der Waals surface area contributed by atoms with Gasteiger partial charge in [0.2, 0.25) is 0 Å². The van der Waals surface area contributed by atoms with Crippen molar-refractivity contribution in [1.82, 2.24) is 9.80 Å². The van der Waals surface area contributed by atoms with Crippen molar-refractivity contribution < 1.29 is 14.6 Å². The summed E-state index contributed by atoms with van der Waals surface area (Å²) in [7, 11) is 0. The molecule has 0 amide bonds. The second-order valence-electron chi connectivity index (χ2n) is 6.32. The van der Waals surface area contributed by atoms with Gasteiger partial charge in [0.05, 0.1) is 19.1 Å². The summed E-state index contributed by atoms with van der Waals surface area (Å²) in [5, 5.41) is 9.04. The van der Waals surface area contributed by atoms with Gasteiger partial charge in [-0.2, -0.15) is 0 Å². The highest BCUT2D eigenvalue weighted by Gasteiger charge is 2.29. The summed E-state index contributed by atoms with van der Waals surface area (Å²) in [6.45, 7) is 9.09. The first-order chi connectivity index (χ1) is 9.56. The van der Waals surface area contributed by atoms with Crippen molar-refractivity contribution in [2.75, 3.05) is 32.8 Å². The summed E-state index contributed by atoms with van der Waals surface area (Å²) in [5.41, 5.74) is 0. The van der Waals surface area contributed by atoms with Gasteiger partial charge in [0, 0.05) is 31.7 Å². The Bertz CT molecular complexity index is 322. The maximum Gasteiger partial charge on any atom is 0.304 e. The second kappa shape index (κ2) is 7.38. The molecule has 2 rings (SSSR count). The third-order valence-corrected chi connectivity index (χ3v) is 4.50. The number of nitrogens with zero attached hydrogens (tertiary/aromatic N) is 2. The first-order valence-corrected chi connectivity index (χ1v) is 7.87. The number of likely N-dealkylation sites (tertiary alicyclic amines) is 1. The average Bonchev–Trinajstić information content (AvgIpc) is 2.41. The van der Waals surface area contributed by atoms with Crippen LogP contribution in [0.25, 0.3) is 0 Å². The molecule has 116 valence electrons. The zero-order valence-corrected chi connectivity index (χ0v) is 12.8. The molecular weight excluding hydrogens is 256 g/mol. The van der Waals surface area contributed by atoms with E-state index in [4.69, 9.17) is 9.84 Å². The Morgan fingerprint density at radius 1 is 1.35 bits per heavy atom. The minimum absolute atomic E-state index is 0.194. The fourth-order valence-electron chi connectivity index (χ4n) is 3.32. The Kier molecular flexibility index (Phi) is 5.81. The summed E-state index contributed by atoms with van der Waals surface area (Å²) >= 11 is 0. The number of piperidine rings is 1. The SMILES string of the molecule is CC(C)N1CCOC(CN2CCCCC2CC(=O)O)C1. The van der Waals surface area contributed by atoms with Crippen LogP contribution in [0.2, 0.25) is 0 Å². The molecule has 0 aromatic carbocycles. The fraction of sp³-hybridized carbons (Fsp3) is 0.933. The predicted molar refractivity (Wildman–Crippen MR) is 77.9 cm³/mol. The Hall–Kier alpha value is -0.650. The van der Waals surface area contributed by atoms with Gasteiger partial charge in [-0.05, 0) is 33.2 Å². The van der Waals surface area contributed by atoms with Gasteiger partial charge in [-0.25, -0.2) is 0 Å². The summed E-state index contributed by atoms with van der Waals surface area (Å²) in [5.74, 6) is -0.685. The van der Waals surface area contributed by atoms with Gasteiger partial charge in [-0.15, -0.1) is 0 Å². The summed E-state index contributed by atoms with van der Waals surface area (Å²) < 4.78 is 5.88. The van der Waals surface area contributed by atoms with Crippen LogP contribution >= 0.6 is 0 Å². The van der Waals surface area contributed by atoms with E-state index in [0.29, 0.717) is 6.04 Å². The van der Waals surface area contributed by atoms with E-state index >= 15 is 0 Å². The molecule has 0 radical (unpaired) electrons. The van der Waals surface area contributed by atoms with E-state index in [9.17, 15) is 4.79 Å². The van der Waals surface area contributed by atoms with Gasteiger partial charge in [0.1, 0.15) is 0 Å². The van der Waals surface area contributed by atoms with Crippen molar-refractivity contribution in [3.05, 3.63) is 0 Å². The third-order valence-electron chi connectivity index (χ3n) is 4.50. The monoisotopic (exact) mass is 284 g/mol. The van der Waals surface area contributed by atoms with Gasteiger partial charge in [-0.3, -0.25) is 14.6 Å². The quantitative estimate of drug-likeness (QED) is 0.827. The normalized spacial score (nSPS) is 29.8. The number of carboxylic acid groups (broad SMARTS) is 1. The van der Waals surface area contributed by atoms with Crippen molar-refractivity contribution >= 4 is 5.97 Å². The van der Waals surface area contributed by atoms with Gasteiger partial charge >= 0.3 is 5.97 Å². The van der Waals surface area contributed by atoms with Crippen molar-refractivity contribution in [3.8, 4) is 0 Å². The molecule has 0 saturated carbocycles. The Balaban J connectivity index is 1.87. The molecule has 2 saturated heterocycles. The van der Waals surface area contributed by atoms with Crippen molar-refractivity contribution in [2.45, 2.75) is 57.7 Å². The van der Waals surface area contributed by atoms with Gasteiger partial charge in [0.25, 0.3) is 0 Å². The summed E-state index contributed by atoms with van der Waals surface area (Å²) in [6, 6.07) is 0.747. The van der Waals surface area contributed by atoms with Gasteiger partial charge < -0.3 is 9.84 Å². The molecule has 0 aromatic heterocycles. The summed E-state index contributed by atoms with van der Waals surface area (Å²) in [6.07, 6.45) is 3.82. The average molecular weight is 284 g/mol. The van der Waals surface area contributed by atoms with Crippen LogP contribution in [0.4, 0.5) is 0 Å². The van der Waals surface area contributed by atoms with Crippen LogP contribution < -0.4 is 0 Å². The van der Waals surface area contributed by atoms with Crippen molar-refractivity contribution in [2.24, 2.45) is 0 Å². The molecule has 0 bridgehead atoms. The lowest BCUT2D eigenvalue weighted by atomic mass is 9.98. The highest BCUT2D eigenvalue weighted by Crippen LogP contribution is 2.21. The molecule has 2 unspecified atom stereocenters. The lowest BCUT2D eigenvalue weighted by molar-refractivity contribution is -0.139. The predicted octanol–water partition coefficient (Wildman–Crippen LogP) is 1.42. The molecule has 2 aliphatic heterocycles. The maximum absolute atomic E-state index is 11.0. The fourth-order valence-corrected chi connectivity index (χ4v) is 3.32. The number of carboxylic acids is 1.